The van der Waals surface area contributed by atoms with Gasteiger partial charge >= 0.3 is 0 Å². The molecule has 0 spiro atoms. The molecule has 6 nitrogen and oxygen atoms in total. The number of furan rings is 2. The summed E-state index contributed by atoms with van der Waals surface area (Å²) in [6.45, 7) is -0.379. The minimum absolute atomic E-state index is 0.188. The van der Waals surface area contributed by atoms with Crippen LogP contribution in [0.1, 0.15) is 0 Å². The van der Waals surface area contributed by atoms with E-state index in [1.54, 1.807) is 0 Å². The highest BCUT2D eigenvalue weighted by atomic mass is 16.3. The molecule has 0 radical (unpaired) electrons. The summed E-state index contributed by atoms with van der Waals surface area (Å²) in [5, 5.41) is 6.72. The van der Waals surface area contributed by atoms with Crippen LogP contribution in [0.5, 0.6) is 0 Å². The second-order valence-electron chi connectivity index (χ2n) is 22.6. The zero-order valence-electron chi connectivity index (χ0n) is 45.3. The number of para-hydroxylation sites is 7. The van der Waals surface area contributed by atoms with Crippen LogP contribution in [0.25, 0.3) is 65.8 Å². The molecule has 2 aromatic heterocycles. The molecule has 0 unspecified atom stereocenters. The molecule has 0 bridgehead atoms. The smallest absolute Gasteiger partial charge is 0.252 e. The SMILES string of the molecule is c1ccc(-c2ccccc2N2c3cc4c(cc3B3c5ccccc5N(c5ccccc5)c5c3c2cc2oc3ccccc3c52)B2c3ccccc3N(c3ccccc3)c3c2c(cc2oc5cc6ccccc6cc5c32)N4c2ccccc2)cc1. The van der Waals surface area contributed by atoms with E-state index >= 15 is 0 Å². The van der Waals surface area contributed by atoms with Crippen molar-refractivity contribution >= 4 is 169 Å². The van der Waals surface area contributed by atoms with Gasteiger partial charge in [-0.1, -0.05) is 188 Å². The van der Waals surface area contributed by atoms with E-state index in [-0.39, 0.29) is 13.4 Å². The van der Waals surface area contributed by atoms with E-state index in [0.717, 1.165) is 129 Å². The number of hydrogen-bond donors (Lipinski definition) is 0. The average Bonchev–Trinajstić information content (AvgIpc) is 1.45. The van der Waals surface area contributed by atoms with Crippen molar-refractivity contribution in [3.05, 3.63) is 279 Å². The molecule has 4 aliphatic rings. The molecular weight excluding hydrogens is 1020 g/mol. The normalized spacial score (nSPS) is 13.6. The van der Waals surface area contributed by atoms with E-state index in [1.165, 1.54) is 38.2 Å². The molecule has 0 saturated carbocycles. The second-order valence-corrected chi connectivity index (χ2v) is 22.6. The maximum atomic E-state index is 7.24. The highest BCUT2D eigenvalue weighted by Crippen LogP contribution is 2.54. The van der Waals surface area contributed by atoms with Gasteiger partial charge in [0.05, 0.1) is 27.8 Å². The molecule has 4 aliphatic heterocycles. The van der Waals surface area contributed by atoms with Crippen LogP contribution in [0.2, 0.25) is 0 Å². The molecule has 0 fully saturated rings. The van der Waals surface area contributed by atoms with E-state index in [4.69, 9.17) is 8.83 Å². The molecule has 6 heterocycles. The molecular formula is C76H46B2N4O2. The van der Waals surface area contributed by atoms with Crippen LogP contribution in [0.4, 0.5) is 68.2 Å². The summed E-state index contributed by atoms with van der Waals surface area (Å²) in [6.07, 6.45) is 0. The average molecular weight is 1070 g/mol. The van der Waals surface area contributed by atoms with Crippen LogP contribution in [0, 0.1) is 0 Å². The van der Waals surface area contributed by atoms with E-state index in [9.17, 15) is 0 Å². The Morgan fingerprint density at radius 3 is 1.33 bits per heavy atom. The first kappa shape index (κ1) is 45.7. The zero-order chi connectivity index (χ0) is 54.7. The van der Waals surface area contributed by atoms with Gasteiger partial charge in [0.25, 0.3) is 13.4 Å². The van der Waals surface area contributed by atoms with Crippen molar-refractivity contribution in [2.24, 2.45) is 0 Å². The topological polar surface area (TPSA) is 39.2 Å². The monoisotopic (exact) mass is 1070 g/mol. The highest BCUT2D eigenvalue weighted by molar-refractivity contribution is 7.03. The molecule has 84 heavy (non-hydrogen) atoms. The van der Waals surface area contributed by atoms with Crippen LogP contribution in [0.15, 0.2) is 288 Å². The molecule has 0 N–H and O–H groups in total. The van der Waals surface area contributed by atoms with Crippen LogP contribution in [-0.4, -0.2) is 13.4 Å². The van der Waals surface area contributed by atoms with Gasteiger partial charge in [-0.2, -0.15) is 0 Å². The fourth-order valence-corrected chi connectivity index (χ4v) is 15.0. The first-order valence-corrected chi connectivity index (χ1v) is 29.0. The van der Waals surface area contributed by atoms with Crippen molar-refractivity contribution < 1.29 is 8.83 Å². The summed E-state index contributed by atoms with van der Waals surface area (Å²) in [6, 6.07) is 102. The van der Waals surface area contributed by atoms with Crippen LogP contribution < -0.4 is 52.4 Å². The summed E-state index contributed by atoms with van der Waals surface area (Å²) in [4.78, 5) is 10.1. The quantitative estimate of drug-likeness (QED) is 0.160. The summed E-state index contributed by atoms with van der Waals surface area (Å²) < 4.78 is 14.3. The molecule has 0 amide bonds. The van der Waals surface area contributed by atoms with Crippen molar-refractivity contribution in [1.29, 1.82) is 0 Å². The Morgan fingerprint density at radius 1 is 0.262 bits per heavy atom. The van der Waals surface area contributed by atoms with Gasteiger partial charge in [-0.3, -0.25) is 0 Å². The Hall–Kier alpha value is -11.0. The molecule has 0 saturated heterocycles. The minimum atomic E-state index is -0.191. The maximum absolute atomic E-state index is 7.24. The largest absolute Gasteiger partial charge is 0.456 e. The van der Waals surface area contributed by atoms with Gasteiger partial charge in [0.2, 0.25) is 0 Å². The Bertz CT molecular complexity index is 5260. The highest BCUT2D eigenvalue weighted by Gasteiger charge is 2.50. The number of rotatable bonds is 5. The molecule has 15 aromatic rings. The molecule has 13 aromatic carbocycles. The van der Waals surface area contributed by atoms with Crippen LogP contribution in [-0.2, 0) is 0 Å². The van der Waals surface area contributed by atoms with Gasteiger partial charge in [0.1, 0.15) is 22.3 Å². The molecule has 19 rings (SSSR count). The summed E-state index contributed by atoms with van der Waals surface area (Å²) >= 11 is 0. The Kier molecular flexibility index (Phi) is 9.41. The van der Waals surface area contributed by atoms with E-state index in [1.807, 2.05) is 0 Å². The van der Waals surface area contributed by atoms with E-state index in [0.29, 0.717) is 0 Å². The van der Waals surface area contributed by atoms with Crippen molar-refractivity contribution in [1.82, 2.24) is 0 Å². The number of fused-ring (bicyclic) bond motifs is 17. The third kappa shape index (κ3) is 6.26. The Morgan fingerprint density at radius 2 is 0.714 bits per heavy atom. The molecule has 8 heteroatoms. The van der Waals surface area contributed by atoms with Crippen LogP contribution >= 0.6 is 0 Å². The minimum Gasteiger partial charge on any atom is -0.456 e. The third-order valence-electron chi connectivity index (χ3n) is 18.3. The molecule has 0 aliphatic carbocycles. The second kappa shape index (κ2) is 17.3. The van der Waals surface area contributed by atoms with E-state index in [2.05, 4.69) is 299 Å². The Balaban J connectivity index is 0.987. The van der Waals surface area contributed by atoms with Gasteiger partial charge in [-0.15, -0.1) is 0 Å². The number of anilines is 12. The van der Waals surface area contributed by atoms with E-state index < -0.39 is 0 Å². The summed E-state index contributed by atoms with van der Waals surface area (Å²) in [5.74, 6) is 0. The summed E-state index contributed by atoms with van der Waals surface area (Å²) in [7, 11) is 0. The standard InChI is InChI=1S/C76H46B2N4O2/c1-5-23-47(24-6-1)53-33-15-19-37-60(53)82-64-44-63-58(43-59(64)78-57-36-18-20-38-61(57)80(51-29-9-3-10-30-51)75-71-54-34-16-22-40-67(54)83-69(71)46-66(82)74(75)78)77-56-35-17-21-39-62(56)81(52-31-11-4-12-32-52)76-72-55-41-48-25-13-14-26-49(48)42-68(55)84-70(72)45-65(73(76)77)79(63)50-27-7-2-8-28-50/h1-46H. The Labute approximate surface area is 485 Å². The first-order chi connectivity index (χ1) is 41.7. The third-order valence-corrected chi connectivity index (χ3v) is 18.3. The number of benzene rings is 13. The lowest BCUT2D eigenvalue weighted by Gasteiger charge is -2.47. The van der Waals surface area contributed by atoms with Crippen LogP contribution in [0.3, 0.4) is 0 Å². The lowest BCUT2D eigenvalue weighted by Crippen LogP contribution is -2.65. The predicted molar refractivity (Wildman–Crippen MR) is 352 cm³/mol. The van der Waals surface area contributed by atoms with Crippen molar-refractivity contribution in [2.45, 2.75) is 0 Å². The van der Waals surface area contributed by atoms with Gasteiger partial charge in [0.15, 0.2) is 0 Å². The molecule has 388 valence electrons. The van der Waals surface area contributed by atoms with Gasteiger partial charge < -0.3 is 28.4 Å². The zero-order valence-corrected chi connectivity index (χ0v) is 45.3. The lowest BCUT2D eigenvalue weighted by molar-refractivity contribution is 0.669. The number of hydrogen-bond acceptors (Lipinski definition) is 6. The van der Waals surface area contributed by atoms with Gasteiger partial charge in [0, 0.05) is 79.7 Å². The number of nitrogens with zero attached hydrogens (tertiary/aromatic N) is 4. The summed E-state index contributed by atoms with van der Waals surface area (Å²) in [5.41, 5.74) is 26.4. The van der Waals surface area contributed by atoms with Crippen molar-refractivity contribution in [3.8, 4) is 11.1 Å². The van der Waals surface area contributed by atoms with Crippen molar-refractivity contribution in [3.63, 3.8) is 0 Å². The lowest BCUT2D eigenvalue weighted by atomic mass is 9.30. The van der Waals surface area contributed by atoms with Gasteiger partial charge in [-0.25, -0.2) is 0 Å². The maximum Gasteiger partial charge on any atom is 0.252 e. The fraction of sp³-hybridized carbons (Fsp3) is 0. The predicted octanol–water partition coefficient (Wildman–Crippen LogP) is 16.5. The molecule has 0 atom stereocenters. The fourth-order valence-electron chi connectivity index (χ4n) is 15.0. The van der Waals surface area contributed by atoms with Crippen molar-refractivity contribution in [2.75, 3.05) is 19.6 Å². The first-order valence-electron chi connectivity index (χ1n) is 29.0. The van der Waals surface area contributed by atoms with Gasteiger partial charge in [-0.05, 0) is 128 Å².